The van der Waals surface area contributed by atoms with Crippen LogP contribution in [0.5, 0.6) is 0 Å². The van der Waals surface area contributed by atoms with Crippen molar-refractivity contribution in [1.29, 1.82) is 0 Å². The van der Waals surface area contributed by atoms with Crippen molar-refractivity contribution >= 4 is 23.4 Å². The number of hydrogen-bond donors (Lipinski definition) is 0. The van der Waals surface area contributed by atoms with Gasteiger partial charge in [0.1, 0.15) is 5.82 Å². The maximum absolute atomic E-state index is 13.5. The largest absolute Gasteiger partial charge is 0.472 e. The first-order chi connectivity index (χ1) is 14.0. The molecule has 6 nitrogen and oxygen atoms in total. The van der Waals surface area contributed by atoms with Gasteiger partial charge in [0.05, 0.1) is 41.0 Å². The zero-order valence-electron chi connectivity index (χ0n) is 15.7. The maximum Gasteiger partial charge on any atom is 0.338 e. The molecule has 1 aromatic carbocycles. The van der Waals surface area contributed by atoms with E-state index in [1.54, 1.807) is 38.1 Å². The first-order valence-electron chi connectivity index (χ1n) is 8.97. The summed E-state index contributed by atoms with van der Waals surface area (Å²) in [6, 6.07) is 6.71. The number of hydrogen-bond acceptors (Lipinski definition) is 6. The molecule has 2 aromatic heterocycles. The van der Waals surface area contributed by atoms with Crippen LogP contribution in [0.3, 0.4) is 0 Å². The van der Waals surface area contributed by atoms with Crippen LogP contribution in [0.1, 0.15) is 31.0 Å². The van der Waals surface area contributed by atoms with Crippen LogP contribution in [0.15, 0.2) is 68.3 Å². The topological polar surface area (TPSA) is 73.8 Å². The van der Waals surface area contributed by atoms with E-state index in [9.17, 15) is 14.0 Å². The SMILES string of the molecule is CCOC(=O)C1=C(C)N=c2s/c(=C\c3ccoc3)c(=O)n2[C@@H]1c1ccc(F)cc1. The Kier molecular flexibility index (Phi) is 5.02. The van der Waals surface area contributed by atoms with Gasteiger partial charge in [0.25, 0.3) is 5.56 Å². The lowest BCUT2D eigenvalue weighted by atomic mass is 9.96. The van der Waals surface area contributed by atoms with Gasteiger partial charge >= 0.3 is 5.97 Å². The lowest BCUT2D eigenvalue weighted by Gasteiger charge is -2.24. The molecule has 4 rings (SSSR count). The molecule has 0 saturated carbocycles. The van der Waals surface area contributed by atoms with Crippen molar-refractivity contribution in [3.63, 3.8) is 0 Å². The number of nitrogens with zero attached hydrogens (tertiary/aromatic N) is 2. The van der Waals surface area contributed by atoms with E-state index in [2.05, 4.69) is 4.99 Å². The molecular formula is C21H17FN2O4S. The molecule has 0 fully saturated rings. The smallest absolute Gasteiger partial charge is 0.338 e. The lowest BCUT2D eigenvalue weighted by Crippen LogP contribution is -2.39. The number of thiazole rings is 1. The molecule has 148 valence electrons. The van der Waals surface area contributed by atoms with E-state index in [1.165, 1.54) is 40.6 Å². The molecule has 1 atom stereocenters. The summed E-state index contributed by atoms with van der Waals surface area (Å²) in [5.41, 5.74) is 1.78. The van der Waals surface area contributed by atoms with Gasteiger partial charge in [-0.05, 0) is 43.7 Å². The summed E-state index contributed by atoms with van der Waals surface area (Å²) in [6.07, 6.45) is 4.76. The standard InChI is InChI=1S/C21H17FN2O4S/c1-3-28-20(26)17-12(2)23-21-24(18(17)14-4-6-15(22)7-5-14)19(25)16(29-21)10-13-8-9-27-11-13/h4-11,18H,3H2,1-2H3/b16-10-/t18-/m1/s1. The van der Waals surface area contributed by atoms with Crippen LogP contribution in [-0.2, 0) is 9.53 Å². The average molecular weight is 412 g/mol. The molecule has 0 saturated heterocycles. The predicted octanol–water partition coefficient (Wildman–Crippen LogP) is 2.53. The number of allylic oxidation sites excluding steroid dienone is 1. The van der Waals surface area contributed by atoms with Gasteiger partial charge in [0.15, 0.2) is 4.80 Å². The van der Waals surface area contributed by atoms with E-state index in [4.69, 9.17) is 9.15 Å². The third-order valence-electron chi connectivity index (χ3n) is 4.54. The molecule has 0 bridgehead atoms. The Labute approximate surface area is 168 Å². The highest BCUT2D eigenvalue weighted by Gasteiger charge is 2.33. The molecule has 1 aliphatic heterocycles. The van der Waals surface area contributed by atoms with Crippen molar-refractivity contribution in [2.24, 2.45) is 4.99 Å². The third kappa shape index (κ3) is 3.47. The van der Waals surface area contributed by atoms with Gasteiger partial charge in [0.2, 0.25) is 0 Å². The average Bonchev–Trinajstić information content (AvgIpc) is 3.30. The second kappa shape index (κ2) is 7.63. The zero-order chi connectivity index (χ0) is 20.5. The summed E-state index contributed by atoms with van der Waals surface area (Å²) in [4.78, 5) is 30.9. The monoisotopic (exact) mass is 412 g/mol. The highest BCUT2D eigenvalue weighted by Crippen LogP contribution is 2.30. The number of rotatable bonds is 4. The Bertz CT molecular complexity index is 1270. The van der Waals surface area contributed by atoms with Crippen LogP contribution in [0, 0.1) is 5.82 Å². The molecule has 1 aliphatic rings. The molecule has 0 radical (unpaired) electrons. The summed E-state index contributed by atoms with van der Waals surface area (Å²) in [5.74, 6) is -0.952. The van der Waals surface area contributed by atoms with Crippen LogP contribution < -0.4 is 14.9 Å². The van der Waals surface area contributed by atoms with Crippen LogP contribution in [0.2, 0.25) is 0 Å². The Balaban J connectivity index is 1.97. The van der Waals surface area contributed by atoms with Crippen molar-refractivity contribution < 1.29 is 18.3 Å². The summed E-state index contributed by atoms with van der Waals surface area (Å²) in [6.45, 7) is 3.60. The summed E-state index contributed by atoms with van der Waals surface area (Å²) in [5, 5.41) is 0. The fourth-order valence-corrected chi connectivity index (χ4v) is 4.31. The zero-order valence-corrected chi connectivity index (χ0v) is 16.5. The van der Waals surface area contributed by atoms with Crippen LogP contribution in [0.4, 0.5) is 4.39 Å². The minimum Gasteiger partial charge on any atom is -0.472 e. The number of ether oxygens (including phenoxy) is 1. The Morgan fingerprint density at radius 2 is 2.10 bits per heavy atom. The minimum absolute atomic E-state index is 0.191. The van der Waals surface area contributed by atoms with E-state index in [0.717, 1.165) is 5.56 Å². The van der Waals surface area contributed by atoms with Crippen molar-refractivity contribution in [2.45, 2.75) is 19.9 Å². The van der Waals surface area contributed by atoms with Gasteiger partial charge in [0, 0.05) is 5.56 Å². The lowest BCUT2D eigenvalue weighted by molar-refractivity contribution is -0.139. The second-order valence-corrected chi connectivity index (χ2v) is 7.42. The number of fused-ring (bicyclic) bond motifs is 1. The number of aromatic nitrogens is 1. The van der Waals surface area contributed by atoms with E-state index < -0.39 is 17.8 Å². The number of benzene rings is 1. The number of halogens is 1. The first kappa shape index (κ1) is 19.1. The molecule has 3 aromatic rings. The molecule has 8 heteroatoms. The highest BCUT2D eigenvalue weighted by molar-refractivity contribution is 7.07. The quantitative estimate of drug-likeness (QED) is 0.618. The number of esters is 1. The number of carbonyl (C=O) groups is 1. The van der Waals surface area contributed by atoms with Gasteiger partial charge in [-0.25, -0.2) is 14.2 Å². The van der Waals surface area contributed by atoms with Crippen molar-refractivity contribution in [1.82, 2.24) is 4.57 Å². The molecule has 0 amide bonds. The van der Waals surface area contributed by atoms with Gasteiger partial charge in [-0.1, -0.05) is 23.5 Å². The second-order valence-electron chi connectivity index (χ2n) is 6.41. The van der Waals surface area contributed by atoms with Crippen LogP contribution >= 0.6 is 11.3 Å². The maximum atomic E-state index is 13.5. The van der Waals surface area contributed by atoms with Crippen LogP contribution in [0.25, 0.3) is 6.08 Å². The molecular weight excluding hydrogens is 395 g/mol. The molecule has 29 heavy (non-hydrogen) atoms. The third-order valence-corrected chi connectivity index (χ3v) is 5.53. The molecule has 0 aliphatic carbocycles. The van der Waals surface area contributed by atoms with Gasteiger partial charge in [-0.15, -0.1) is 0 Å². The van der Waals surface area contributed by atoms with E-state index >= 15 is 0 Å². The highest BCUT2D eigenvalue weighted by atomic mass is 32.1. The summed E-state index contributed by atoms with van der Waals surface area (Å²) in [7, 11) is 0. The van der Waals surface area contributed by atoms with Gasteiger partial charge in [-0.3, -0.25) is 9.36 Å². The Morgan fingerprint density at radius 3 is 2.76 bits per heavy atom. The molecule has 0 N–H and O–H groups in total. The van der Waals surface area contributed by atoms with Crippen molar-refractivity contribution in [3.8, 4) is 0 Å². The minimum atomic E-state index is -0.752. The van der Waals surface area contributed by atoms with Gasteiger partial charge < -0.3 is 9.15 Å². The number of carbonyl (C=O) groups excluding carboxylic acids is 1. The van der Waals surface area contributed by atoms with Gasteiger partial charge in [-0.2, -0.15) is 0 Å². The number of furan rings is 1. The van der Waals surface area contributed by atoms with Crippen molar-refractivity contribution in [3.05, 3.63) is 90.8 Å². The summed E-state index contributed by atoms with van der Waals surface area (Å²) >= 11 is 1.22. The Hall–Kier alpha value is -3.26. The van der Waals surface area contributed by atoms with E-state index in [-0.39, 0.29) is 17.7 Å². The van der Waals surface area contributed by atoms with E-state index in [1.807, 2.05) is 0 Å². The Morgan fingerprint density at radius 1 is 1.34 bits per heavy atom. The fraction of sp³-hybridized carbons (Fsp3) is 0.190. The summed E-state index contributed by atoms with van der Waals surface area (Å²) < 4.78 is 25.7. The normalized spacial score (nSPS) is 16.5. The van der Waals surface area contributed by atoms with Crippen LogP contribution in [-0.4, -0.2) is 17.1 Å². The fourth-order valence-electron chi connectivity index (χ4n) is 3.26. The predicted molar refractivity (Wildman–Crippen MR) is 106 cm³/mol. The van der Waals surface area contributed by atoms with E-state index in [0.29, 0.717) is 20.6 Å². The molecule has 0 spiro atoms. The molecule has 0 unspecified atom stereocenters. The first-order valence-corrected chi connectivity index (χ1v) is 9.78. The molecule has 3 heterocycles. The van der Waals surface area contributed by atoms with Crippen molar-refractivity contribution in [2.75, 3.05) is 6.61 Å².